The average molecular weight is 546 g/mol. The number of hydrogen-bond donors (Lipinski definition) is 1. The normalized spacial score (nSPS) is 18.4. The van der Waals surface area contributed by atoms with Crippen LogP contribution in [0.4, 0.5) is 23.2 Å². The number of benzene rings is 2. The van der Waals surface area contributed by atoms with Crippen molar-refractivity contribution in [3.63, 3.8) is 0 Å². The second-order valence-corrected chi connectivity index (χ2v) is 9.82. The summed E-state index contributed by atoms with van der Waals surface area (Å²) >= 11 is 18.7. The van der Waals surface area contributed by atoms with Crippen molar-refractivity contribution in [2.75, 3.05) is 5.32 Å². The maximum absolute atomic E-state index is 13.9. The molecule has 1 N–H and O–H groups in total. The molecule has 2 aromatic carbocycles. The van der Waals surface area contributed by atoms with Crippen LogP contribution in [0.2, 0.25) is 5.02 Å². The first-order valence-corrected chi connectivity index (χ1v) is 11.3. The van der Waals surface area contributed by atoms with Crippen LogP contribution in [0, 0.1) is 17.6 Å². The van der Waals surface area contributed by atoms with Crippen molar-refractivity contribution >= 4 is 52.2 Å². The van der Waals surface area contributed by atoms with E-state index in [9.17, 15) is 27.2 Å². The fourth-order valence-corrected chi connectivity index (χ4v) is 4.86. The van der Waals surface area contributed by atoms with E-state index in [1.54, 1.807) is 6.07 Å². The van der Waals surface area contributed by atoms with Crippen molar-refractivity contribution in [3.05, 3.63) is 93.8 Å². The number of ketones is 1. The first-order valence-electron chi connectivity index (χ1n) is 10.2. The van der Waals surface area contributed by atoms with E-state index >= 15 is 0 Å². The fourth-order valence-electron chi connectivity index (χ4n) is 3.81. The van der Waals surface area contributed by atoms with Crippen LogP contribution in [0.15, 0.2) is 54.7 Å². The largest absolute Gasteiger partial charge is 0.326 e. The molecule has 1 aliphatic rings. The molecule has 1 heterocycles. The molecule has 1 aromatic heterocycles. The van der Waals surface area contributed by atoms with Crippen molar-refractivity contribution in [2.24, 2.45) is 5.92 Å². The van der Waals surface area contributed by atoms with Gasteiger partial charge in [-0.2, -0.15) is 0 Å². The summed E-state index contributed by atoms with van der Waals surface area (Å²) in [5, 5.41) is 2.64. The minimum Gasteiger partial charge on any atom is -0.326 e. The molecule has 3 aromatic rings. The van der Waals surface area contributed by atoms with Gasteiger partial charge in [-0.15, -0.1) is 23.2 Å². The number of amides is 1. The molecule has 2 atom stereocenters. The molecule has 11 heteroatoms. The molecule has 2 unspecified atom stereocenters. The quantitative estimate of drug-likeness (QED) is 0.200. The standard InChI is InChI=1S/C24H15Cl3F4N2O2/c25-16-5-4-14(8-15(16)19(34)9-18-17(29)7-13(28)10-32-18)33-23(35)21-20(24(21,26)27)11-2-1-3-12(6-11)22(30)31/h1-8,10,20-22H,9H2,(H,33,35). The highest BCUT2D eigenvalue weighted by atomic mass is 35.5. The fraction of sp³-hybridized carbons (Fsp3) is 0.208. The Balaban J connectivity index is 1.51. The number of nitrogens with zero attached hydrogens (tertiary/aromatic N) is 1. The second kappa shape index (κ2) is 9.76. The summed E-state index contributed by atoms with van der Waals surface area (Å²) in [6.45, 7) is 0. The van der Waals surface area contributed by atoms with Crippen LogP contribution >= 0.6 is 34.8 Å². The number of alkyl halides is 4. The number of pyridine rings is 1. The zero-order chi connectivity index (χ0) is 25.5. The Kier molecular flexibility index (Phi) is 7.09. The number of carbonyl (C=O) groups excluding carboxylic acids is 2. The van der Waals surface area contributed by atoms with Crippen molar-refractivity contribution in [2.45, 2.75) is 23.1 Å². The summed E-state index contributed by atoms with van der Waals surface area (Å²) in [6, 6.07) is 10.2. The smallest absolute Gasteiger partial charge is 0.263 e. The van der Waals surface area contributed by atoms with Gasteiger partial charge in [-0.1, -0.05) is 29.8 Å². The van der Waals surface area contributed by atoms with E-state index in [0.717, 1.165) is 6.20 Å². The van der Waals surface area contributed by atoms with E-state index in [4.69, 9.17) is 34.8 Å². The third kappa shape index (κ3) is 5.29. The average Bonchev–Trinajstić information content (AvgIpc) is 3.39. The Morgan fingerprint density at radius 1 is 1.09 bits per heavy atom. The van der Waals surface area contributed by atoms with Crippen LogP contribution in [0.1, 0.15) is 39.5 Å². The third-order valence-electron chi connectivity index (χ3n) is 5.60. The van der Waals surface area contributed by atoms with Crippen LogP contribution in [0.25, 0.3) is 0 Å². The van der Waals surface area contributed by atoms with Crippen LogP contribution in [0.3, 0.4) is 0 Å². The minimum atomic E-state index is -2.69. The lowest BCUT2D eigenvalue weighted by Gasteiger charge is -2.09. The van der Waals surface area contributed by atoms with Gasteiger partial charge in [0.05, 0.1) is 29.3 Å². The number of rotatable bonds is 7. The molecule has 0 aliphatic heterocycles. The Hall–Kier alpha value is -2.68. The van der Waals surface area contributed by atoms with Gasteiger partial charge in [-0.25, -0.2) is 17.6 Å². The van der Waals surface area contributed by atoms with Gasteiger partial charge in [0.15, 0.2) is 5.78 Å². The summed E-state index contributed by atoms with van der Waals surface area (Å²) < 4.78 is 51.5. The number of Topliss-reactive ketones (excluding diaryl/α,β-unsaturated/α-hetero) is 1. The Morgan fingerprint density at radius 3 is 2.51 bits per heavy atom. The highest BCUT2D eigenvalue weighted by Gasteiger charge is 2.67. The maximum atomic E-state index is 13.9. The van der Waals surface area contributed by atoms with Crippen LogP contribution in [-0.4, -0.2) is 21.0 Å². The molecule has 1 saturated carbocycles. The minimum absolute atomic E-state index is 0.0185. The van der Waals surface area contributed by atoms with Crippen LogP contribution in [-0.2, 0) is 11.2 Å². The highest BCUT2D eigenvalue weighted by molar-refractivity contribution is 6.53. The summed E-state index contributed by atoms with van der Waals surface area (Å²) in [4.78, 5) is 29.2. The number of halogens is 7. The van der Waals surface area contributed by atoms with Gasteiger partial charge in [0, 0.05) is 28.8 Å². The number of aromatic nitrogens is 1. The number of anilines is 1. The SMILES string of the molecule is O=C(Cc1ncc(F)cc1F)c1cc(NC(=O)C2C(c3cccc(C(F)F)c3)C2(Cl)Cl)ccc1Cl. The molecular formula is C24H15Cl3F4N2O2. The van der Waals surface area contributed by atoms with E-state index in [1.165, 1.54) is 36.4 Å². The molecule has 0 radical (unpaired) electrons. The van der Waals surface area contributed by atoms with Crippen molar-refractivity contribution in [1.29, 1.82) is 0 Å². The van der Waals surface area contributed by atoms with E-state index in [0.29, 0.717) is 11.6 Å². The molecule has 1 amide bonds. The first kappa shape index (κ1) is 25.4. The molecule has 4 nitrogen and oxygen atoms in total. The van der Waals surface area contributed by atoms with Crippen molar-refractivity contribution < 1.29 is 27.2 Å². The summed E-state index contributed by atoms with van der Waals surface area (Å²) in [7, 11) is 0. The number of nitrogens with one attached hydrogen (secondary N) is 1. The van der Waals surface area contributed by atoms with E-state index in [2.05, 4.69) is 10.3 Å². The number of carbonyl (C=O) groups is 2. The van der Waals surface area contributed by atoms with Gasteiger partial charge in [0.1, 0.15) is 16.0 Å². The van der Waals surface area contributed by atoms with E-state index < -0.39 is 52.3 Å². The lowest BCUT2D eigenvalue weighted by Crippen LogP contribution is -2.17. The second-order valence-electron chi connectivity index (χ2n) is 7.97. The van der Waals surface area contributed by atoms with Gasteiger partial charge in [-0.3, -0.25) is 14.6 Å². The van der Waals surface area contributed by atoms with Gasteiger partial charge in [-0.05, 0) is 29.8 Å². The molecule has 4 rings (SSSR count). The molecule has 0 saturated heterocycles. The van der Waals surface area contributed by atoms with Crippen molar-refractivity contribution in [1.82, 2.24) is 4.98 Å². The predicted octanol–water partition coefficient (Wildman–Crippen LogP) is 6.90. The Labute approximate surface area is 212 Å². The Bertz CT molecular complexity index is 1320. The Morgan fingerprint density at radius 2 is 1.83 bits per heavy atom. The van der Waals surface area contributed by atoms with E-state index in [1.807, 2.05) is 0 Å². The molecular weight excluding hydrogens is 531 g/mol. The molecule has 182 valence electrons. The molecule has 0 spiro atoms. The molecule has 1 fully saturated rings. The maximum Gasteiger partial charge on any atom is 0.263 e. The molecule has 0 bridgehead atoms. The summed E-state index contributed by atoms with van der Waals surface area (Å²) in [5.74, 6) is -4.71. The zero-order valence-corrected chi connectivity index (χ0v) is 19.8. The summed E-state index contributed by atoms with van der Waals surface area (Å²) in [6.07, 6.45) is -2.39. The number of hydrogen-bond acceptors (Lipinski definition) is 3. The third-order valence-corrected chi connectivity index (χ3v) is 6.87. The van der Waals surface area contributed by atoms with Gasteiger partial charge in [0.25, 0.3) is 6.43 Å². The van der Waals surface area contributed by atoms with Gasteiger partial charge >= 0.3 is 0 Å². The summed E-state index contributed by atoms with van der Waals surface area (Å²) in [5.41, 5.74) is 0.0866. The van der Waals surface area contributed by atoms with Gasteiger partial charge in [0.2, 0.25) is 5.91 Å². The van der Waals surface area contributed by atoms with E-state index in [-0.39, 0.29) is 27.5 Å². The topological polar surface area (TPSA) is 59.1 Å². The monoisotopic (exact) mass is 544 g/mol. The lowest BCUT2D eigenvalue weighted by atomic mass is 10.0. The zero-order valence-electron chi connectivity index (χ0n) is 17.5. The lowest BCUT2D eigenvalue weighted by molar-refractivity contribution is -0.117. The van der Waals surface area contributed by atoms with Crippen LogP contribution < -0.4 is 5.32 Å². The molecule has 35 heavy (non-hydrogen) atoms. The van der Waals surface area contributed by atoms with Gasteiger partial charge < -0.3 is 5.32 Å². The predicted molar refractivity (Wildman–Crippen MR) is 124 cm³/mol. The van der Waals surface area contributed by atoms with Crippen LogP contribution in [0.5, 0.6) is 0 Å². The highest BCUT2D eigenvalue weighted by Crippen LogP contribution is 2.65. The molecule has 1 aliphatic carbocycles. The first-order chi connectivity index (χ1) is 16.5. The van der Waals surface area contributed by atoms with Crippen molar-refractivity contribution in [3.8, 4) is 0 Å².